The summed E-state index contributed by atoms with van der Waals surface area (Å²) in [4.78, 5) is 28.4. The van der Waals surface area contributed by atoms with E-state index in [1.807, 2.05) is 9.80 Å². The van der Waals surface area contributed by atoms with Gasteiger partial charge in [0, 0.05) is 50.7 Å². The first-order chi connectivity index (χ1) is 13.0. The van der Waals surface area contributed by atoms with Crippen LogP contribution in [0.4, 0.5) is 5.69 Å². The van der Waals surface area contributed by atoms with Gasteiger partial charge in [-0.15, -0.1) is 0 Å². The van der Waals surface area contributed by atoms with Crippen molar-refractivity contribution in [3.8, 4) is 0 Å². The molecule has 0 aromatic heterocycles. The van der Waals surface area contributed by atoms with Gasteiger partial charge in [-0.1, -0.05) is 6.07 Å². The van der Waals surface area contributed by atoms with E-state index in [1.165, 1.54) is 11.1 Å². The first-order valence-corrected chi connectivity index (χ1v) is 10.4. The molecule has 2 heterocycles. The van der Waals surface area contributed by atoms with Crippen molar-refractivity contribution in [2.45, 2.75) is 64.8 Å². The topological polar surface area (TPSA) is 52.7 Å². The summed E-state index contributed by atoms with van der Waals surface area (Å²) in [5.41, 5.74) is 3.73. The molecule has 5 nitrogen and oxygen atoms in total. The third-order valence-electron chi connectivity index (χ3n) is 5.89. The second-order valence-corrected chi connectivity index (χ2v) is 8.06. The fraction of sp³-hybridized carbons (Fsp3) is 0.636. The molecule has 148 valence electrons. The number of amides is 2. The second-order valence-electron chi connectivity index (χ2n) is 8.06. The van der Waals surface area contributed by atoms with Gasteiger partial charge >= 0.3 is 0 Å². The molecule has 3 rings (SSSR count). The molecule has 2 saturated heterocycles. The number of nitrogens with one attached hydrogen (secondary N) is 1. The Morgan fingerprint density at radius 3 is 2.78 bits per heavy atom. The average Bonchev–Trinajstić information content (AvgIpc) is 2.66. The molecule has 2 aliphatic rings. The Labute approximate surface area is 163 Å². The lowest BCUT2D eigenvalue weighted by Crippen LogP contribution is -2.45. The lowest BCUT2D eigenvalue weighted by molar-refractivity contribution is -0.135. The zero-order chi connectivity index (χ0) is 19.2. The summed E-state index contributed by atoms with van der Waals surface area (Å²) in [5.74, 6) is 0.482. The van der Waals surface area contributed by atoms with Crippen molar-refractivity contribution in [2.75, 3.05) is 31.5 Å². The van der Waals surface area contributed by atoms with E-state index in [0.29, 0.717) is 18.9 Å². The van der Waals surface area contributed by atoms with E-state index in [4.69, 9.17) is 0 Å². The Kier molecular flexibility index (Phi) is 6.75. The molecule has 27 heavy (non-hydrogen) atoms. The number of aryl methyl sites for hydroxylation is 2. The highest BCUT2D eigenvalue weighted by molar-refractivity contribution is 5.77. The fourth-order valence-corrected chi connectivity index (χ4v) is 4.07. The van der Waals surface area contributed by atoms with Crippen LogP contribution in [0, 0.1) is 13.8 Å². The largest absolute Gasteiger partial charge is 0.381 e. The van der Waals surface area contributed by atoms with Crippen molar-refractivity contribution >= 4 is 17.5 Å². The van der Waals surface area contributed by atoms with Crippen molar-refractivity contribution in [3.05, 3.63) is 29.3 Å². The molecule has 0 unspecified atom stereocenters. The van der Waals surface area contributed by atoms with Crippen LogP contribution in [-0.4, -0.2) is 53.8 Å². The van der Waals surface area contributed by atoms with Gasteiger partial charge in [0.15, 0.2) is 0 Å². The van der Waals surface area contributed by atoms with Gasteiger partial charge in [0.2, 0.25) is 11.8 Å². The van der Waals surface area contributed by atoms with E-state index in [2.05, 4.69) is 37.4 Å². The third-order valence-corrected chi connectivity index (χ3v) is 5.89. The molecule has 1 atom stereocenters. The molecular formula is C22H33N3O2. The maximum absolute atomic E-state index is 12.6. The number of hydrogen-bond acceptors (Lipinski definition) is 3. The van der Waals surface area contributed by atoms with Gasteiger partial charge in [0.05, 0.1) is 0 Å². The van der Waals surface area contributed by atoms with Crippen molar-refractivity contribution < 1.29 is 9.59 Å². The summed E-state index contributed by atoms with van der Waals surface area (Å²) >= 11 is 0. The standard InChI is InChI=1S/C22H33N3O2/c1-17-10-11-19(15-18(17)2)23-20-7-5-14-25(16-20)22(27)9-6-13-24-12-4-3-8-21(24)26/h10-11,15,20,23H,3-9,12-14,16H2,1-2H3/t20-/m1/s1. The van der Waals surface area contributed by atoms with Gasteiger partial charge in [0.25, 0.3) is 0 Å². The minimum Gasteiger partial charge on any atom is -0.381 e. The lowest BCUT2D eigenvalue weighted by atomic mass is 10.0. The Balaban J connectivity index is 1.44. The van der Waals surface area contributed by atoms with Crippen molar-refractivity contribution in [2.24, 2.45) is 0 Å². The van der Waals surface area contributed by atoms with Crippen molar-refractivity contribution in [1.82, 2.24) is 9.80 Å². The first-order valence-electron chi connectivity index (χ1n) is 10.4. The molecule has 1 aromatic rings. The van der Waals surface area contributed by atoms with Crippen LogP contribution in [-0.2, 0) is 9.59 Å². The summed E-state index contributed by atoms with van der Waals surface area (Å²) in [7, 11) is 0. The highest BCUT2D eigenvalue weighted by Gasteiger charge is 2.24. The Morgan fingerprint density at radius 1 is 1.15 bits per heavy atom. The number of benzene rings is 1. The highest BCUT2D eigenvalue weighted by Crippen LogP contribution is 2.20. The number of carbonyl (C=O) groups excluding carboxylic acids is 2. The van der Waals surface area contributed by atoms with Crippen LogP contribution in [0.15, 0.2) is 18.2 Å². The van der Waals surface area contributed by atoms with Gasteiger partial charge in [-0.05, 0) is 69.2 Å². The molecule has 2 fully saturated rings. The van der Waals surface area contributed by atoms with E-state index in [0.717, 1.165) is 64.0 Å². The maximum atomic E-state index is 12.6. The van der Waals surface area contributed by atoms with Gasteiger partial charge in [-0.3, -0.25) is 9.59 Å². The van der Waals surface area contributed by atoms with Crippen LogP contribution in [0.2, 0.25) is 0 Å². The lowest BCUT2D eigenvalue weighted by Gasteiger charge is -2.34. The van der Waals surface area contributed by atoms with Crippen molar-refractivity contribution in [3.63, 3.8) is 0 Å². The van der Waals surface area contributed by atoms with E-state index in [1.54, 1.807) is 0 Å². The molecule has 0 spiro atoms. The maximum Gasteiger partial charge on any atom is 0.222 e. The first kappa shape index (κ1) is 19.7. The molecule has 2 amide bonds. The van der Waals surface area contributed by atoms with Crippen LogP contribution >= 0.6 is 0 Å². The van der Waals surface area contributed by atoms with E-state index < -0.39 is 0 Å². The smallest absolute Gasteiger partial charge is 0.222 e. The molecular weight excluding hydrogens is 338 g/mol. The van der Waals surface area contributed by atoms with Gasteiger partial charge in [-0.2, -0.15) is 0 Å². The Bertz CT molecular complexity index is 674. The number of anilines is 1. The molecule has 1 aromatic carbocycles. The van der Waals surface area contributed by atoms with Gasteiger partial charge < -0.3 is 15.1 Å². The minimum absolute atomic E-state index is 0.228. The fourth-order valence-electron chi connectivity index (χ4n) is 4.07. The summed E-state index contributed by atoms with van der Waals surface area (Å²) in [5, 5.41) is 3.60. The summed E-state index contributed by atoms with van der Waals surface area (Å²) in [6.45, 7) is 7.46. The van der Waals surface area contributed by atoms with Crippen LogP contribution in [0.25, 0.3) is 0 Å². The number of nitrogens with zero attached hydrogens (tertiary/aromatic N) is 2. The minimum atomic E-state index is 0.228. The average molecular weight is 372 g/mol. The SMILES string of the molecule is Cc1ccc(N[C@@H]2CCCN(C(=O)CCCN3CCCCC3=O)C2)cc1C. The van der Waals surface area contributed by atoms with Gasteiger partial charge in [0.1, 0.15) is 0 Å². The molecule has 1 N–H and O–H groups in total. The third kappa shape index (κ3) is 5.47. The molecule has 0 bridgehead atoms. The van der Waals surface area contributed by atoms with Crippen LogP contribution in [0.3, 0.4) is 0 Å². The molecule has 2 aliphatic heterocycles. The van der Waals surface area contributed by atoms with Crippen LogP contribution < -0.4 is 5.32 Å². The van der Waals surface area contributed by atoms with Crippen LogP contribution in [0.1, 0.15) is 56.1 Å². The quantitative estimate of drug-likeness (QED) is 0.833. The Morgan fingerprint density at radius 2 is 2.00 bits per heavy atom. The molecule has 0 saturated carbocycles. The normalized spacial score (nSPS) is 20.7. The molecule has 5 heteroatoms. The number of rotatable bonds is 6. The summed E-state index contributed by atoms with van der Waals surface area (Å²) in [6.07, 6.45) is 6.23. The number of piperidine rings is 2. The number of likely N-dealkylation sites (tertiary alicyclic amines) is 2. The van der Waals surface area contributed by atoms with E-state index in [-0.39, 0.29) is 11.8 Å². The van der Waals surface area contributed by atoms with E-state index >= 15 is 0 Å². The van der Waals surface area contributed by atoms with Gasteiger partial charge in [-0.25, -0.2) is 0 Å². The Hall–Kier alpha value is -2.04. The predicted octanol–water partition coefficient (Wildman–Crippen LogP) is 3.50. The molecule has 0 radical (unpaired) electrons. The summed E-state index contributed by atoms with van der Waals surface area (Å²) < 4.78 is 0. The van der Waals surface area contributed by atoms with E-state index in [9.17, 15) is 9.59 Å². The zero-order valence-corrected chi connectivity index (χ0v) is 16.8. The number of carbonyl (C=O) groups is 2. The monoisotopic (exact) mass is 371 g/mol. The second kappa shape index (κ2) is 9.25. The number of hydrogen-bond donors (Lipinski definition) is 1. The summed E-state index contributed by atoms with van der Waals surface area (Å²) in [6, 6.07) is 6.77. The van der Waals surface area contributed by atoms with Crippen molar-refractivity contribution in [1.29, 1.82) is 0 Å². The molecule has 0 aliphatic carbocycles. The zero-order valence-electron chi connectivity index (χ0n) is 16.8. The highest BCUT2D eigenvalue weighted by atomic mass is 16.2. The predicted molar refractivity (Wildman–Crippen MR) is 109 cm³/mol. The van der Waals surface area contributed by atoms with Crippen LogP contribution in [0.5, 0.6) is 0 Å².